The number of amides is 1. The molecule has 1 amide bonds. The first kappa shape index (κ1) is 29.6. The molecule has 1 aliphatic carbocycles. The van der Waals surface area contributed by atoms with Gasteiger partial charge in [0.15, 0.2) is 5.78 Å². The molecule has 3 aromatic rings. The van der Waals surface area contributed by atoms with Crippen LogP contribution in [0.25, 0.3) is 28.2 Å². The van der Waals surface area contributed by atoms with Crippen LogP contribution in [0.15, 0.2) is 42.0 Å². The number of hydrogen-bond donors (Lipinski definition) is 3. The molecule has 2 aromatic carbocycles. The van der Waals surface area contributed by atoms with Crippen molar-refractivity contribution in [1.82, 2.24) is 24.2 Å². The van der Waals surface area contributed by atoms with Gasteiger partial charge < -0.3 is 19.5 Å². The molecule has 1 fully saturated rings. The van der Waals surface area contributed by atoms with Crippen molar-refractivity contribution in [3.05, 3.63) is 58.7 Å². The number of ketones is 1. The predicted molar refractivity (Wildman–Crippen MR) is 167 cm³/mol. The topological polar surface area (TPSA) is 122 Å². The van der Waals surface area contributed by atoms with Gasteiger partial charge in [-0.3, -0.25) is 9.59 Å². The minimum atomic E-state index is -4.05. The molecular formula is C32H39N5O5S. The number of nitrogens with one attached hydrogen (secondary N) is 3. The number of rotatable bonds is 2. The van der Waals surface area contributed by atoms with Crippen LogP contribution in [0.5, 0.6) is 5.75 Å². The van der Waals surface area contributed by atoms with Gasteiger partial charge in [-0.15, -0.1) is 0 Å². The Morgan fingerprint density at radius 3 is 2.56 bits per heavy atom. The number of carbonyl (C=O) groups is 2. The summed E-state index contributed by atoms with van der Waals surface area (Å²) in [5, 5.41) is 4.30. The molecule has 3 heterocycles. The molecule has 11 heteroatoms. The molecule has 1 saturated carbocycles. The zero-order valence-corrected chi connectivity index (χ0v) is 25.6. The highest BCUT2D eigenvalue weighted by molar-refractivity contribution is 7.88. The van der Waals surface area contributed by atoms with Crippen LogP contribution >= 0.6 is 0 Å². The Bertz CT molecular complexity index is 1700. The standard InChI is InChI=1S/C32H39N5O5S/c1-36-14-12-33-19-29(38)24-16-23-17-25(42-2)9-11-26(23)31-30(21-6-4-3-5-7-21)27-10-8-22(18-28(27)37(31)20-24)32(39)35-43(40,41)34-13-15-36/h8-11,16-18,21,33-34H,3-7,12-15,19-20H2,1-2H3,(H,35,39). The van der Waals surface area contributed by atoms with Crippen molar-refractivity contribution in [2.45, 2.75) is 44.6 Å². The lowest BCUT2D eigenvalue weighted by Gasteiger charge is -2.24. The third kappa shape index (κ3) is 6.12. The number of carbonyl (C=O) groups excluding carboxylic acids is 2. The average Bonchev–Trinajstić information content (AvgIpc) is 3.21. The number of methoxy groups -OCH3 is 1. The van der Waals surface area contributed by atoms with Crippen LogP contribution in [0.1, 0.15) is 59.5 Å². The van der Waals surface area contributed by atoms with E-state index in [9.17, 15) is 18.0 Å². The normalized spacial score (nSPS) is 20.7. The molecule has 2 aliphatic heterocycles. The Hall–Kier alpha value is -3.51. The van der Waals surface area contributed by atoms with Crippen molar-refractivity contribution >= 4 is 38.9 Å². The smallest absolute Gasteiger partial charge is 0.301 e. The number of aromatic nitrogens is 1. The number of nitrogens with zero attached hydrogens (tertiary/aromatic N) is 2. The van der Waals surface area contributed by atoms with E-state index in [4.69, 9.17) is 4.74 Å². The second kappa shape index (κ2) is 12.2. The van der Waals surface area contributed by atoms with Crippen LogP contribution < -0.4 is 19.5 Å². The summed E-state index contributed by atoms with van der Waals surface area (Å²) >= 11 is 0. The van der Waals surface area contributed by atoms with E-state index in [1.165, 1.54) is 12.0 Å². The van der Waals surface area contributed by atoms with Gasteiger partial charge in [0.25, 0.3) is 5.91 Å². The molecule has 6 rings (SSSR count). The number of benzene rings is 2. The molecule has 43 heavy (non-hydrogen) atoms. The molecule has 0 unspecified atom stereocenters. The highest BCUT2D eigenvalue weighted by Crippen LogP contribution is 2.47. The maximum absolute atomic E-state index is 13.7. The van der Waals surface area contributed by atoms with Gasteiger partial charge in [-0.05, 0) is 73.3 Å². The van der Waals surface area contributed by atoms with Crippen LogP contribution in [-0.2, 0) is 21.5 Å². The summed E-state index contributed by atoms with van der Waals surface area (Å²) in [5.41, 5.74) is 5.92. The maximum atomic E-state index is 13.7. The van der Waals surface area contributed by atoms with Gasteiger partial charge in [0.05, 0.1) is 25.9 Å². The highest BCUT2D eigenvalue weighted by atomic mass is 32.2. The fraction of sp³-hybridized carbons (Fsp3) is 0.438. The Kier molecular flexibility index (Phi) is 8.41. The van der Waals surface area contributed by atoms with Crippen LogP contribution in [-0.4, -0.2) is 76.5 Å². The monoisotopic (exact) mass is 605 g/mol. The molecule has 0 spiro atoms. The first-order chi connectivity index (χ1) is 20.7. The van der Waals surface area contributed by atoms with Crippen molar-refractivity contribution in [3.63, 3.8) is 0 Å². The van der Waals surface area contributed by atoms with Gasteiger partial charge in [-0.2, -0.15) is 13.1 Å². The highest BCUT2D eigenvalue weighted by Gasteiger charge is 2.31. The van der Waals surface area contributed by atoms with E-state index in [-0.39, 0.29) is 24.4 Å². The summed E-state index contributed by atoms with van der Waals surface area (Å²) in [6.45, 7) is 2.29. The van der Waals surface area contributed by atoms with Crippen molar-refractivity contribution in [2.24, 2.45) is 0 Å². The second-order valence-corrected chi connectivity index (χ2v) is 13.3. The van der Waals surface area contributed by atoms with E-state index in [0.29, 0.717) is 43.4 Å². The lowest BCUT2D eigenvalue weighted by atomic mass is 9.81. The third-order valence-corrected chi connectivity index (χ3v) is 9.92. The number of likely N-dealkylation sites (N-methyl/N-ethyl adjacent to an activating group) is 1. The Balaban J connectivity index is 1.56. The number of ether oxygens (including phenoxy) is 1. The quantitative estimate of drug-likeness (QED) is 0.409. The fourth-order valence-corrected chi connectivity index (χ4v) is 7.43. The van der Waals surface area contributed by atoms with Crippen molar-refractivity contribution in [1.29, 1.82) is 0 Å². The average molecular weight is 606 g/mol. The molecule has 0 saturated heterocycles. The molecule has 3 N–H and O–H groups in total. The van der Waals surface area contributed by atoms with Crippen molar-refractivity contribution < 1.29 is 22.7 Å². The summed E-state index contributed by atoms with van der Waals surface area (Å²) in [6.07, 6.45) is 7.64. The Morgan fingerprint density at radius 2 is 1.77 bits per heavy atom. The molecular weight excluding hydrogens is 566 g/mol. The summed E-state index contributed by atoms with van der Waals surface area (Å²) in [4.78, 5) is 28.9. The van der Waals surface area contributed by atoms with Crippen LogP contribution in [0.4, 0.5) is 0 Å². The SMILES string of the molecule is COc1ccc2c(c1)C=C1Cn3c-2c(C2CCCCC2)c2ccc(cc23)C(=O)NS(=O)(=O)NCCN(C)CCNCC1=O. The summed E-state index contributed by atoms with van der Waals surface area (Å²) in [6, 6.07) is 11.4. The van der Waals surface area contributed by atoms with E-state index in [1.54, 1.807) is 19.2 Å². The van der Waals surface area contributed by atoms with Gasteiger partial charge in [0.1, 0.15) is 5.75 Å². The molecule has 228 valence electrons. The number of fused-ring (bicyclic) bond motifs is 4. The van der Waals surface area contributed by atoms with Crippen LogP contribution in [0, 0.1) is 0 Å². The summed E-state index contributed by atoms with van der Waals surface area (Å²) in [7, 11) is -0.535. The predicted octanol–water partition coefficient (Wildman–Crippen LogP) is 3.43. The minimum Gasteiger partial charge on any atom is -0.497 e. The number of hydrogen-bond acceptors (Lipinski definition) is 7. The summed E-state index contributed by atoms with van der Waals surface area (Å²) in [5.74, 6) is 0.358. The zero-order chi connectivity index (χ0) is 30.1. The van der Waals surface area contributed by atoms with Gasteiger partial charge in [0, 0.05) is 53.8 Å². The van der Waals surface area contributed by atoms with Crippen LogP contribution in [0.3, 0.4) is 0 Å². The zero-order valence-electron chi connectivity index (χ0n) is 24.7. The maximum Gasteiger partial charge on any atom is 0.301 e. The first-order valence-electron chi connectivity index (χ1n) is 15.0. The first-order valence-corrected chi connectivity index (χ1v) is 16.5. The molecule has 3 aliphatic rings. The minimum absolute atomic E-state index is 0.00751. The Labute approximate surface area is 252 Å². The van der Waals surface area contributed by atoms with Gasteiger partial charge in [-0.1, -0.05) is 25.3 Å². The van der Waals surface area contributed by atoms with Crippen LogP contribution in [0.2, 0.25) is 0 Å². The molecule has 0 radical (unpaired) electrons. The second-order valence-electron chi connectivity index (χ2n) is 11.8. The fourth-order valence-electron chi connectivity index (χ4n) is 6.64. The van der Waals surface area contributed by atoms with E-state index >= 15 is 0 Å². The van der Waals surface area contributed by atoms with E-state index in [0.717, 1.165) is 53.4 Å². The van der Waals surface area contributed by atoms with Crippen molar-refractivity contribution in [3.8, 4) is 17.0 Å². The number of Topliss-reactive ketones (excluding diaryl/α,β-unsaturated/α-hetero) is 1. The third-order valence-electron chi connectivity index (χ3n) is 8.88. The molecule has 4 bridgehead atoms. The molecule has 10 nitrogen and oxygen atoms in total. The largest absolute Gasteiger partial charge is 0.497 e. The lowest BCUT2D eigenvalue weighted by Crippen LogP contribution is -2.43. The van der Waals surface area contributed by atoms with Crippen molar-refractivity contribution in [2.75, 3.05) is 46.9 Å². The van der Waals surface area contributed by atoms with E-state index < -0.39 is 16.1 Å². The van der Waals surface area contributed by atoms with E-state index in [2.05, 4.69) is 25.4 Å². The van der Waals surface area contributed by atoms with Gasteiger partial charge >= 0.3 is 10.2 Å². The van der Waals surface area contributed by atoms with E-state index in [1.807, 2.05) is 36.2 Å². The molecule has 0 atom stereocenters. The molecule has 1 aromatic heterocycles. The summed E-state index contributed by atoms with van der Waals surface area (Å²) < 4.78 is 37.8. The lowest BCUT2D eigenvalue weighted by molar-refractivity contribution is -0.114. The Morgan fingerprint density at radius 1 is 0.977 bits per heavy atom. The van der Waals surface area contributed by atoms with Gasteiger partial charge in [0.2, 0.25) is 0 Å². The van der Waals surface area contributed by atoms with Gasteiger partial charge in [-0.25, -0.2) is 4.72 Å².